The van der Waals surface area contributed by atoms with Crippen molar-refractivity contribution in [3.05, 3.63) is 70.8 Å². The lowest BCUT2D eigenvalue weighted by Crippen LogP contribution is -2.23. The first kappa shape index (κ1) is 20.4. The molecule has 7 heteroatoms. The maximum atomic E-state index is 12.7. The van der Waals surface area contributed by atoms with Gasteiger partial charge in [-0.1, -0.05) is 19.9 Å². The topological polar surface area (TPSA) is 89.8 Å². The van der Waals surface area contributed by atoms with E-state index >= 15 is 0 Å². The average Bonchev–Trinajstić information content (AvgIpc) is 2.73. The molecule has 2 heterocycles. The van der Waals surface area contributed by atoms with E-state index < -0.39 is 0 Å². The molecular weight excluding hydrogens is 366 g/mol. The molecule has 0 aliphatic rings. The first-order valence-corrected chi connectivity index (χ1v) is 9.75. The monoisotopic (exact) mass is 391 g/mol. The van der Waals surface area contributed by atoms with Crippen LogP contribution in [0.4, 0.5) is 0 Å². The molecule has 3 aromatic rings. The van der Waals surface area contributed by atoms with E-state index in [0.717, 1.165) is 30.4 Å². The Balaban J connectivity index is 1.54. The van der Waals surface area contributed by atoms with Crippen LogP contribution < -0.4 is 10.9 Å². The van der Waals surface area contributed by atoms with Crippen molar-refractivity contribution >= 4 is 23.0 Å². The Morgan fingerprint density at radius 3 is 2.76 bits per heavy atom. The van der Waals surface area contributed by atoms with Crippen molar-refractivity contribution in [2.45, 2.75) is 39.0 Å². The number of nitrogens with zero attached hydrogens (tertiary/aromatic N) is 4. The number of benzene rings is 1. The highest BCUT2D eigenvalue weighted by atomic mass is 16.1. The second-order valence-corrected chi connectivity index (χ2v) is 7.20. The van der Waals surface area contributed by atoms with Gasteiger partial charge in [0.05, 0.1) is 10.9 Å². The molecule has 0 fully saturated rings. The normalized spacial score (nSPS) is 11.4. The zero-order valence-corrected chi connectivity index (χ0v) is 16.7. The van der Waals surface area contributed by atoms with E-state index in [9.17, 15) is 9.59 Å². The third-order valence-corrected chi connectivity index (χ3v) is 4.67. The minimum atomic E-state index is -0.240. The number of fused-ring (bicyclic) bond motifs is 1. The van der Waals surface area contributed by atoms with E-state index in [1.165, 1.54) is 29.5 Å². The van der Waals surface area contributed by atoms with Crippen LogP contribution in [0.25, 0.3) is 17.1 Å². The SMILES string of the molecule is CC(C)c1ccc2ncn(/C=C/C(=O)NCCCCc3cncnc3)c(=O)c2c1. The molecular formula is C22H25N5O2. The minimum Gasteiger partial charge on any atom is -0.353 e. The van der Waals surface area contributed by atoms with Gasteiger partial charge in [0.15, 0.2) is 0 Å². The summed E-state index contributed by atoms with van der Waals surface area (Å²) in [7, 11) is 0. The number of carbonyl (C=O) groups is 1. The van der Waals surface area contributed by atoms with Crippen LogP contribution in [0.2, 0.25) is 0 Å². The third kappa shape index (κ3) is 5.57. The molecule has 7 nitrogen and oxygen atoms in total. The predicted octanol–water partition coefficient (Wildman–Crippen LogP) is 2.92. The van der Waals surface area contributed by atoms with Gasteiger partial charge in [-0.3, -0.25) is 14.2 Å². The van der Waals surface area contributed by atoms with Crippen molar-refractivity contribution in [1.82, 2.24) is 24.8 Å². The summed E-state index contributed by atoms with van der Waals surface area (Å²) in [5, 5.41) is 3.38. The minimum absolute atomic E-state index is 0.188. The molecule has 150 valence electrons. The molecule has 0 aliphatic carbocycles. The Morgan fingerprint density at radius 2 is 2.00 bits per heavy atom. The molecule has 2 aromatic heterocycles. The van der Waals surface area contributed by atoms with Gasteiger partial charge in [0.2, 0.25) is 5.91 Å². The Morgan fingerprint density at radius 1 is 1.21 bits per heavy atom. The standard InChI is InChI=1S/C22H25N5O2/c1-16(2)18-6-7-20-19(11-18)22(29)27(15-26-20)10-8-21(28)25-9-4-3-5-17-12-23-14-24-13-17/h6-8,10-16H,3-5,9H2,1-2H3,(H,25,28)/b10-8+. The molecule has 0 unspecified atom stereocenters. The molecule has 3 rings (SSSR count). The summed E-state index contributed by atoms with van der Waals surface area (Å²) in [6.07, 6.45) is 12.0. The van der Waals surface area contributed by atoms with Crippen LogP contribution in [0.5, 0.6) is 0 Å². The second-order valence-electron chi connectivity index (χ2n) is 7.20. The number of aryl methyl sites for hydroxylation is 1. The molecule has 29 heavy (non-hydrogen) atoms. The van der Waals surface area contributed by atoms with Gasteiger partial charge >= 0.3 is 0 Å². The summed E-state index contributed by atoms with van der Waals surface area (Å²) >= 11 is 0. The first-order chi connectivity index (χ1) is 14.0. The maximum Gasteiger partial charge on any atom is 0.265 e. The Kier molecular flexibility index (Phi) is 6.84. The number of aromatic nitrogens is 4. The third-order valence-electron chi connectivity index (χ3n) is 4.67. The Hall–Kier alpha value is -3.35. The van der Waals surface area contributed by atoms with Gasteiger partial charge in [-0.2, -0.15) is 0 Å². The van der Waals surface area contributed by atoms with Crippen LogP contribution in [0.15, 0.2) is 54.1 Å². The Bertz CT molecular complexity index is 1060. The van der Waals surface area contributed by atoms with Gasteiger partial charge in [0.1, 0.15) is 12.7 Å². The molecule has 0 saturated carbocycles. The zero-order chi connectivity index (χ0) is 20.6. The molecule has 1 amide bonds. The molecule has 0 saturated heterocycles. The van der Waals surface area contributed by atoms with Gasteiger partial charge in [0, 0.05) is 31.2 Å². The average molecular weight is 391 g/mol. The van der Waals surface area contributed by atoms with E-state index in [2.05, 4.69) is 34.1 Å². The van der Waals surface area contributed by atoms with Crippen molar-refractivity contribution in [2.24, 2.45) is 0 Å². The van der Waals surface area contributed by atoms with Gasteiger partial charge in [-0.25, -0.2) is 15.0 Å². The number of unbranched alkanes of at least 4 members (excludes halogenated alkanes) is 1. The van der Waals surface area contributed by atoms with Gasteiger partial charge < -0.3 is 5.32 Å². The molecule has 0 spiro atoms. The summed E-state index contributed by atoms with van der Waals surface area (Å²) in [6.45, 7) is 4.72. The zero-order valence-electron chi connectivity index (χ0n) is 16.7. The number of carbonyl (C=O) groups excluding carboxylic acids is 1. The van der Waals surface area contributed by atoms with Gasteiger partial charge in [-0.15, -0.1) is 0 Å². The molecule has 0 aliphatic heterocycles. The number of nitrogens with one attached hydrogen (secondary N) is 1. The quantitative estimate of drug-likeness (QED) is 0.471. The van der Waals surface area contributed by atoms with E-state index in [1.54, 1.807) is 12.4 Å². The van der Waals surface area contributed by atoms with Gasteiger partial charge in [-0.05, 0) is 48.4 Å². The lowest BCUT2D eigenvalue weighted by molar-refractivity contribution is -0.116. The first-order valence-electron chi connectivity index (χ1n) is 9.75. The fourth-order valence-electron chi connectivity index (χ4n) is 2.95. The largest absolute Gasteiger partial charge is 0.353 e. The van der Waals surface area contributed by atoms with Crippen LogP contribution in [0, 0.1) is 0 Å². The number of amides is 1. The fourth-order valence-corrected chi connectivity index (χ4v) is 2.95. The van der Waals surface area contributed by atoms with Crippen molar-refractivity contribution in [3.8, 4) is 0 Å². The number of rotatable bonds is 8. The van der Waals surface area contributed by atoms with E-state index in [1.807, 2.05) is 18.2 Å². The predicted molar refractivity (Wildman–Crippen MR) is 113 cm³/mol. The van der Waals surface area contributed by atoms with Crippen LogP contribution in [0.3, 0.4) is 0 Å². The molecule has 0 atom stereocenters. The summed E-state index contributed by atoms with van der Waals surface area (Å²) in [5.41, 5.74) is 2.63. The highest BCUT2D eigenvalue weighted by molar-refractivity contribution is 5.90. The van der Waals surface area contributed by atoms with Crippen LogP contribution in [-0.2, 0) is 11.2 Å². The molecule has 0 radical (unpaired) electrons. The summed E-state index contributed by atoms with van der Waals surface area (Å²) in [6, 6.07) is 5.71. The van der Waals surface area contributed by atoms with E-state index in [0.29, 0.717) is 23.4 Å². The lowest BCUT2D eigenvalue weighted by atomic mass is 10.0. The highest BCUT2D eigenvalue weighted by Gasteiger charge is 2.06. The van der Waals surface area contributed by atoms with Crippen molar-refractivity contribution in [2.75, 3.05) is 6.54 Å². The van der Waals surface area contributed by atoms with E-state index in [4.69, 9.17) is 0 Å². The van der Waals surface area contributed by atoms with Gasteiger partial charge in [0.25, 0.3) is 5.56 Å². The van der Waals surface area contributed by atoms with Crippen LogP contribution in [-0.4, -0.2) is 32.0 Å². The summed E-state index contributed by atoms with van der Waals surface area (Å²) in [4.78, 5) is 37.0. The van der Waals surface area contributed by atoms with Crippen LogP contribution >= 0.6 is 0 Å². The molecule has 1 N–H and O–H groups in total. The number of hydrogen-bond donors (Lipinski definition) is 1. The van der Waals surface area contributed by atoms with Crippen molar-refractivity contribution in [3.63, 3.8) is 0 Å². The molecule has 0 bridgehead atoms. The highest BCUT2D eigenvalue weighted by Crippen LogP contribution is 2.17. The van der Waals surface area contributed by atoms with Crippen LogP contribution in [0.1, 0.15) is 43.7 Å². The second kappa shape index (κ2) is 9.73. The lowest BCUT2D eigenvalue weighted by Gasteiger charge is -2.07. The summed E-state index contributed by atoms with van der Waals surface area (Å²) in [5.74, 6) is 0.0826. The van der Waals surface area contributed by atoms with Crippen molar-refractivity contribution in [1.29, 1.82) is 0 Å². The fraction of sp³-hybridized carbons (Fsp3) is 0.318. The maximum absolute atomic E-state index is 12.7. The van der Waals surface area contributed by atoms with E-state index in [-0.39, 0.29) is 11.5 Å². The van der Waals surface area contributed by atoms with Crippen molar-refractivity contribution < 1.29 is 4.79 Å². The molecule has 1 aromatic carbocycles. The Labute approximate surface area is 169 Å². The summed E-state index contributed by atoms with van der Waals surface area (Å²) < 4.78 is 1.33. The number of hydrogen-bond acceptors (Lipinski definition) is 5. The smallest absolute Gasteiger partial charge is 0.265 e.